The maximum absolute atomic E-state index is 10.1. The number of aryl methyl sites for hydroxylation is 1. The van der Waals surface area contributed by atoms with Crippen LogP contribution in [0, 0.1) is 5.41 Å². The number of phenolic OH excluding ortho intramolecular Hbond substituents is 1. The fourth-order valence-corrected chi connectivity index (χ4v) is 5.88. The van der Waals surface area contributed by atoms with Gasteiger partial charge in [-0.1, -0.05) is 48.5 Å². The number of fused-ring (bicyclic) bond motifs is 1. The second-order valence-corrected chi connectivity index (χ2v) is 9.74. The summed E-state index contributed by atoms with van der Waals surface area (Å²) in [6.45, 7) is 4.66. The molecule has 0 bridgehead atoms. The van der Waals surface area contributed by atoms with Gasteiger partial charge in [-0.15, -0.1) is 0 Å². The van der Waals surface area contributed by atoms with Crippen LogP contribution in [0.3, 0.4) is 0 Å². The second kappa shape index (κ2) is 7.83. The van der Waals surface area contributed by atoms with Crippen LogP contribution < -0.4 is 10.2 Å². The van der Waals surface area contributed by atoms with E-state index >= 15 is 0 Å². The molecule has 2 fully saturated rings. The molecule has 3 heteroatoms. The maximum atomic E-state index is 10.1. The van der Waals surface area contributed by atoms with Gasteiger partial charge in [0.05, 0.1) is 0 Å². The molecule has 32 heavy (non-hydrogen) atoms. The Kier molecular flexibility index (Phi) is 4.80. The van der Waals surface area contributed by atoms with Gasteiger partial charge in [0.25, 0.3) is 0 Å². The van der Waals surface area contributed by atoms with E-state index in [1.54, 1.807) is 0 Å². The normalized spacial score (nSPS) is 19.6. The van der Waals surface area contributed by atoms with E-state index in [2.05, 4.69) is 70.9 Å². The van der Waals surface area contributed by atoms with Crippen molar-refractivity contribution in [2.24, 2.45) is 5.41 Å². The molecule has 3 aromatic rings. The lowest BCUT2D eigenvalue weighted by Gasteiger charge is -2.49. The minimum Gasteiger partial charge on any atom is -0.508 e. The monoisotopic (exact) mass is 422 g/mol. The summed E-state index contributed by atoms with van der Waals surface area (Å²) in [5.41, 5.74) is 9.61. The van der Waals surface area contributed by atoms with Gasteiger partial charge in [0, 0.05) is 30.7 Å². The predicted octanol–water partition coefficient (Wildman–Crippen LogP) is 5.49. The summed E-state index contributed by atoms with van der Waals surface area (Å²) in [5.74, 6) is 0.356. The highest BCUT2D eigenvalue weighted by atomic mass is 16.3. The largest absolute Gasteiger partial charge is 0.508 e. The molecular weight excluding hydrogens is 392 g/mol. The first-order valence-corrected chi connectivity index (χ1v) is 11.9. The number of hydrogen-bond acceptors (Lipinski definition) is 3. The molecule has 3 nitrogen and oxygen atoms in total. The highest BCUT2D eigenvalue weighted by molar-refractivity contribution is 6.00. The number of hydrogen-bond donors (Lipinski definition) is 2. The summed E-state index contributed by atoms with van der Waals surface area (Å²) in [4.78, 5) is 2.52. The van der Waals surface area contributed by atoms with Gasteiger partial charge in [0.1, 0.15) is 5.75 Å². The van der Waals surface area contributed by atoms with E-state index in [0.29, 0.717) is 11.2 Å². The van der Waals surface area contributed by atoms with Crippen LogP contribution in [0.25, 0.3) is 11.1 Å². The van der Waals surface area contributed by atoms with Crippen molar-refractivity contribution in [3.05, 3.63) is 95.1 Å². The Labute approximate surface area is 190 Å². The van der Waals surface area contributed by atoms with Gasteiger partial charge in [-0.05, 0) is 89.9 Å². The highest BCUT2D eigenvalue weighted by Crippen LogP contribution is 2.42. The third kappa shape index (κ3) is 3.41. The van der Waals surface area contributed by atoms with E-state index in [1.807, 2.05) is 12.1 Å². The van der Waals surface area contributed by atoms with Gasteiger partial charge in [-0.25, -0.2) is 0 Å². The van der Waals surface area contributed by atoms with Gasteiger partial charge in [-0.2, -0.15) is 0 Å². The zero-order chi connectivity index (χ0) is 21.5. The van der Waals surface area contributed by atoms with Crippen LogP contribution in [-0.4, -0.2) is 31.3 Å². The molecular formula is C29H30N2O. The Bertz CT molecular complexity index is 1150. The van der Waals surface area contributed by atoms with Gasteiger partial charge < -0.3 is 15.3 Å². The van der Waals surface area contributed by atoms with E-state index < -0.39 is 0 Å². The van der Waals surface area contributed by atoms with Gasteiger partial charge in [0.2, 0.25) is 0 Å². The van der Waals surface area contributed by atoms with Crippen molar-refractivity contribution < 1.29 is 5.11 Å². The number of nitrogens with one attached hydrogen (secondary N) is 1. The fourth-order valence-electron chi connectivity index (χ4n) is 5.88. The summed E-state index contributed by atoms with van der Waals surface area (Å²) >= 11 is 0. The summed E-state index contributed by atoms with van der Waals surface area (Å²) in [6, 6.07) is 25.9. The number of nitrogens with zero attached hydrogens (tertiary/aromatic N) is 1. The highest BCUT2D eigenvalue weighted by Gasteiger charge is 2.44. The van der Waals surface area contributed by atoms with Crippen molar-refractivity contribution in [2.45, 2.75) is 25.7 Å². The molecule has 3 aliphatic rings. The van der Waals surface area contributed by atoms with Gasteiger partial charge in [0.15, 0.2) is 0 Å². The Balaban J connectivity index is 1.40. The van der Waals surface area contributed by atoms with Crippen LogP contribution in [0.5, 0.6) is 5.75 Å². The van der Waals surface area contributed by atoms with E-state index in [4.69, 9.17) is 0 Å². The molecule has 2 aliphatic heterocycles. The molecule has 0 amide bonds. The molecule has 0 atom stereocenters. The fraction of sp³-hybridized carbons (Fsp3) is 0.310. The van der Waals surface area contributed by atoms with E-state index in [9.17, 15) is 5.11 Å². The molecule has 0 saturated carbocycles. The standard InChI is InChI=1S/C29H30N2O/c32-25-13-14-27-23(17-25)7-4-8-26(21-5-2-1-3-6-21)28(27)22-9-11-24(12-10-22)31-19-29(20-31)15-16-30-18-29/h1-3,5-6,9-14,17,30,32H,4,7-8,15-16,18-20H2. The molecule has 2 heterocycles. The summed E-state index contributed by atoms with van der Waals surface area (Å²) in [5, 5.41) is 13.6. The molecule has 1 aliphatic carbocycles. The van der Waals surface area contributed by atoms with Crippen LogP contribution in [0.4, 0.5) is 5.69 Å². The van der Waals surface area contributed by atoms with Crippen molar-refractivity contribution in [1.29, 1.82) is 0 Å². The smallest absolute Gasteiger partial charge is 0.115 e. The molecule has 0 radical (unpaired) electrons. The minimum atomic E-state index is 0.356. The number of phenols is 1. The van der Waals surface area contributed by atoms with Crippen LogP contribution in [-0.2, 0) is 6.42 Å². The first kappa shape index (κ1) is 19.6. The minimum absolute atomic E-state index is 0.356. The summed E-state index contributed by atoms with van der Waals surface area (Å²) in [7, 11) is 0. The van der Waals surface area contributed by atoms with Crippen molar-refractivity contribution in [2.75, 3.05) is 31.1 Å². The van der Waals surface area contributed by atoms with Crippen molar-refractivity contribution in [1.82, 2.24) is 5.32 Å². The number of rotatable bonds is 3. The van der Waals surface area contributed by atoms with Crippen LogP contribution in [0.15, 0.2) is 72.8 Å². The van der Waals surface area contributed by atoms with Crippen LogP contribution in [0.2, 0.25) is 0 Å². The first-order chi connectivity index (χ1) is 15.7. The lowest BCUT2D eigenvalue weighted by Crippen LogP contribution is -2.57. The van der Waals surface area contributed by atoms with Crippen molar-refractivity contribution >= 4 is 16.8 Å². The predicted molar refractivity (Wildman–Crippen MR) is 132 cm³/mol. The number of benzene rings is 3. The van der Waals surface area contributed by atoms with E-state index in [1.165, 1.54) is 65.1 Å². The molecule has 162 valence electrons. The molecule has 0 aromatic heterocycles. The molecule has 2 N–H and O–H groups in total. The zero-order valence-corrected chi connectivity index (χ0v) is 18.5. The molecule has 2 saturated heterocycles. The SMILES string of the molecule is Oc1ccc2c(c1)CCCC(c1ccccc1)=C2c1ccc(N2CC3(CCNC3)C2)cc1. The summed E-state index contributed by atoms with van der Waals surface area (Å²) < 4.78 is 0. The third-order valence-corrected chi connectivity index (χ3v) is 7.56. The Morgan fingerprint density at radius 1 is 0.844 bits per heavy atom. The third-order valence-electron chi connectivity index (χ3n) is 7.56. The Hall–Kier alpha value is -3.04. The quantitative estimate of drug-likeness (QED) is 0.586. The zero-order valence-electron chi connectivity index (χ0n) is 18.5. The number of aromatic hydroxyl groups is 1. The van der Waals surface area contributed by atoms with Gasteiger partial charge in [-0.3, -0.25) is 0 Å². The molecule has 1 spiro atoms. The lowest BCUT2D eigenvalue weighted by atomic mass is 9.78. The van der Waals surface area contributed by atoms with Gasteiger partial charge >= 0.3 is 0 Å². The van der Waals surface area contributed by atoms with Crippen LogP contribution in [0.1, 0.15) is 41.5 Å². The van der Waals surface area contributed by atoms with Crippen LogP contribution >= 0.6 is 0 Å². The topological polar surface area (TPSA) is 35.5 Å². The van der Waals surface area contributed by atoms with Crippen molar-refractivity contribution in [3.8, 4) is 5.75 Å². The Morgan fingerprint density at radius 3 is 2.41 bits per heavy atom. The van der Waals surface area contributed by atoms with E-state index in [-0.39, 0.29) is 0 Å². The molecule has 6 rings (SSSR count). The summed E-state index contributed by atoms with van der Waals surface area (Å²) in [6.07, 6.45) is 4.43. The lowest BCUT2D eigenvalue weighted by molar-refractivity contribution is 0.243. The number of allylic oxidation sites excluding steroid dienone is 1. The average molecular weight is 423 g/mol. The maximum Gasteiger partial charge on any atom is 0.115 e. The van der Waals surface area contributed by atoms with Crippen molar-refractivity contribution in [3.63, 3.8) is 0 Å². The first-order valence-electron chi connectivity index (χ1n) is 11.9. The second-order valence-electron chi connectivity index (χ2n) is 9.74. The molecule has 0 unspecified atom stereocenters. The average Bonchev–Trinajstić information content (AvgIpc) is 3.22. The molecule has 3 aromatic carbocycles. The Morgan fingerprint density at radius 2 is 1.66 bits per heavy atom. The number of anilines is 1. The van der Waals surface area contributed by atoms with E-state index in [0.717, 1.165) is 25.8 Å².